The molecule has 0 saturated heterocycles. The summed E-state index contributed by atoms with van der Waals surface area (Å²) in [5, 5.41) is 0.345. The summed E-state index contributed by atoms with van der Waals surface area (Å²) in [5.74, 6) is 0.183. The van der Waals surface area contributed by atoms with Gasteiger partial charge in [-0.05, 0) is 18.3 Å². The lowest BCUT2D eigenvalue weighted by molar-refractivity contribution is -0.118. The molecule has 3 N–H and O–H groups in total. The summed E-state index contributed by atoms with van der Waals surface area (Å²) in [7, 11) is 2.92. The maximum atomic E-state index is 11.8. The molecular formula is C14H14ClN3O4S. The molecule has 122 valence electrons. The number of H-pyrrole nitrogens is 1. The second kappa shape index (κ2) is 6.84. The van der Waals surface area contributed by atoms with E-state index in [4.69, 9.17) is 39.0 Å². The molecule has 1 aromatic heterocycles. The highest BCUT2D eigenvalue weighted by Gasteiger charge is 2.16. The lowest BCUT2D eigenvalue weighted by Crippen LogP contribution is -2.23. The summed E-state index contributed by atoms with van der Waals surface area (Å²) >= 11 is 11.2. The summed E-state index contributed by atoms with van der Waals surface area (Å²) in [6.07, 6.45) is 0. The van der Waals surface area contributed by atoms with Crippen LogP contribution in [0.1, 0.15) is 0 Å². The molecule has 0 aliphatic carbocycles. The van der Waals surface area contributed by atoms with E-state index in [0.717, 1.165) is 0 Å². The Morgan fingerprint density at radius 3 is 2.52 bits per heavy atom. The molecule has 2 rings (SSSR count). The number of primary amides is 1. The van der Waals surface area contributed by atoms with Gasteiger partial charge in [0.25, 0.3) is 5.56 Å². The number of hydrogen-bond acceptors (Lipinski definition) is 5. The summed E-state index contributed by atoms with van der Waals surface area (Å²) in [5.41, 5.74) is 5.70. The minimum atomic E-state index is -0.603. The zero-order valence-electron chi connectivity index (χ0n) is 12.4. The SMILES string of the molecule is COc1cc(-c2cc(=O)[nH]c(=S)n2CC(N)=O)c(OC)cc1Cl. The standard InChI is InChI=1S/C14H14ClN3O4S/c1-21-10-4-8(15)11(22-2)3-7(10)9-5-13(20)17-14(23)18(9)6-12(16)19/h3-5H,6H2,1-2H3,(H2,16,19)(H,17,20,23). The smallest absolute Gasteiger partial charge is 0.252 e. The number of benzene rings is 1. The molecule has 1 aromatic carbocycles. The van der Waals surface area contributed by atoms with Gasteiger partial charge in [0.15, 0.2) is 4.77 Å². The molecule has 0 bridgehead atoms. The Morgan fingerprint density at radius 1 is 1.30 bits per heavy atom. The Balaban J connectivity index is 2.82. The molecular weight excluding hydrogens is 342 g/mol. The number of nitrogens with zero attached hydrogens (tertiary/aromatic N) is 1. The predicted molar refractivity (Wildman–Crippen MR) is 88.6 cm³/mol. The quantitative estimate of drug-likeness (QED) is 0.796. The highest BCUT2D eigenvalue weighted by molar-refractivity contribution is 7.71. The highest BCUT2D eigenvalue weighted by Crippen LogP contribution is 2.38. The average molecular weight is 356 g/mol. The molecule has 7 nitrogen and oxygen atoms in total. The molecule has 9 heteroatoms. The molecule has 0 spiro atoms. The van der Waals surface area contributed by atoms with Crippen LogP contribution in [0.5, 0.6) is 11.5 Å². The fourth-order valence-electron chi connectivity index (χ4n) is 2.12. The maximum absolute atomic E-state index is 11.8. The molecule has 0 saturated carbocycles. The van der Waals surface area contributed by atoms with E-state index in [1.807, 2.05) is 0 Å². The molecule has 1 amide bonds. The molecule has 0 fully saturated rings. The Morgan fingerprint density at radius 2 is 1.96 bits per heavy atom. The van der Waals surface area contributed by atoms with Crippen molar-refractivity contribution in [1.29, 1.82) is 0 Å². The van der Waals surface area contributed by atoms with Crippen molar-refractivity contribution in [1.82, 2.24) is 9.55 Å². The number of methoxy groups -OCH3 is 2. The number of halogens is 1. The number of amides is 1. The van der Waals surface area contributed by atoms with Crippen LogP contribution in [0.2, 0.25) is 5.02 Å². The fourth-order valence-corrected chi connectivity index (χ4v) is 2.61. The average Bonchev–Trinajstić information content (AvgIpc) is 2.49. The van der Waals surface area contributed by atoms with E-state index in [1.165, 1.54) is 24.9 Å². The van der Waals surface area contributed by atoms with E-state index in [1.54, 1.807) is 12.1 Å². The molecule has 1 heterocycles. The third kappa shape index (κ3) is 3.54. The minimum absolute atomic E-state index is 0.0715. The lowest BCUT2D eigenvalue weighted by Gasteiger charge is -2.16. The third-order valence-corrected chi connectivity index (χ3v) is 3.72. The van der Waals surface area contributed by atoms with Crippen LogP contribution in [-0.2, 0) is 11.3 Å². The van der Waals surface area contributed by atoms with Crippen molar-refractivity contribution >= 4 is 29.7 Å². The van der Waals surface area contributed by atoms with Gasteiger partial charge in [-0.2, -0.15) is 0 Å². The van der Waals surface area contributed by atoms with Crippen molar-refractivity contribution in [2.24, 2.45) is 5.73 Å². The topological polar surface area (TPSA) is 99.3 Å². The fraction of sp³-hybridized carbons (Fsp3) is 0.214. The summed E-state index contributed by atoms with van der Waals surface area (Å²) < 4.78 is 12.0. The van der Waals surface area contributed by atoms with Gasteiger partial charge >= 0.3 is 0 Å². The zero-order valence-corrected chi connectivity index (χ0v) is 14.0. The van der Waals surface area contributed by atoms with Crippen molar-refractivity contribution in [2.45, 2.75) is 6.54 Å². The molecule has 0 atom stereocenters. The number of aromatic nitrogens is 2. The molecule has 0 radical (unpaired) electrons. The van der Waals surface area contributed by atoms with Crippen LogP contribution in [0.15, 0.2) is 23.0 Å². The van der Waals surface area contributed by atoms with Gasteiger partial charge in [0.2, 0.25) is 5.91 Å². The van der Waals surface area contributed by atoms with Gasteiger partial charge in [0, 0.05) is 17.7 Å². The Bertz CT molecular complexity index is 875. The lowest BCUT2D eigenvalue weighted by atomic mass is 10.1. The Kier molecular flexibility index (Phi) is 5.07. The predicted octanol–water partition coefficient (Wildman–Crippen LogP) is 1.73. The molecule has 0 aliphatic heterocycles. The van der Waals surface area contributed by atoms with Crippen molar-refractivity contribution in [2.75, 3.05) is 14.2 Å². The first kappa shape index (κ1) is 17.0. The van der Waals surface area contributed by atoms with Gasteiger partial charge in [-0.25, -0.2) is 0 Å². The van der Waals surface area contributed by atoms with E-state index in [9.17, 15) is 9.59 Å². The van der Waals surface area contributed by atoms with E-state index in [2.05, 4.69) is 4.98 Å². The maximum Gasteiger partial charge on any atom is 0.252 e. The van der Waals surface area contributed by atoms with Crippen LogP contribution in [0.25, 0.3) is 11.3 Å². The van der Waals surface area contributed by atoms with Crippen molar-refractivity contribution in [3.63, 3.8) is 0 Å². The van der Waals surface area contributed by atoms with E-state index < -0.39 is 11.5 Å². The summed E-state index contributed by atoms with van der Waals surface area (Å²) in [6.45, 7) is -0.195. The van der Waals surface area contributed by atoms with Gasteiger partial charge < -0.3 is 19.8 Å². The van der Waals surface area contributed by atoms with Crippen LogP contribution in [0, 0.1) is 4.77 Å². The first-order chi connectivity index (χ1) is 10.9. The van der Waals surface area contributed by atoms with Crippen LogP contribution in [0.3, 0.4) is 0 Å². The first-order valence-corrected chi connectivity index (χ1v) is 7.20. The molecule has 0 aliphatic rings. The number of rotatable bonds is 5. The molecule has 0 unspecified atom stereocenters. The monoisotopic (exact) mass is 355 g/mol. The Hall–Kier alpha value is -2.32. The number of nitrogens with one attached hydrogen (secondary N) is 1. The molecule has 23 heavy (non-hydrogen) atoms. The van der Waals surface area contributed by atoms with Crippen LogP contribution < -0.4 is 20.8 Å². The number of carbonyl (C=O) groups excluding carboxylic acids is 1. The van der Waals surface area contributed by atoms with Crippen molar-refractivity contribution in [3.05, 3.63) is 38.3 Å². The van der Waals surface area contributed by atoms with Gasteiger partial charge in [0.1, 0.15) is 18.0 Å². The number of aromatic amines is 1. The number of ether oxygens (including phenoxy) is 2. The number of hydrogen-bond donors (Lipinski definition) is 2. The normalized spacial score (nSPS) is 10.4. The third-order valence-electron chi connectivity index (χ3n) is 3.10. The van der Waals surface area contributed by atoms with Crippen LogP contribution in [0.4, 0.5) is 0 Å². The van der Waals surface area contributed by atoms with Gasteiger partial charge in [-0.3, -0.25) is 14.6 Å². The van der Waals surface area contributed by atoms with E-state index >= 15 is 0 Å². The zero-order chi connectivity index (χ0) is 17.1. The molecule has 2 aromatic rings. The van der Waals surface area contributed by atoms with Gasteiger partial charge in [-0.15, -0.1) is 0 Å². The highest BCUT2D eigenvalue weighted by atomic mass is 35.5. The Labute approximate surface area is 141 Å². The van der Waals surface area contributed by atoms with E-state index in [-0.39, 0.29) is 11.3 Å². The largest absolute Gasteiger partial charge is 0.496 e. The van der Waals surface area contributed by atoms with E-state index in [0.29, 0.717) is 27.8 Å². The van der Waals surface area contributed by atoms with Gasteiger partial charge in [-0.1, -0.05) is 11.6 Å². The van der Waals surface area contributed by atoms with Crippen molar-refractivity contribution < 1.29 is 14.3 Å². The second-order valence-electron chi connectivity index (χ2n) is 4.56. The minimum Gasteiger partial charge on any atom is -0.496 e. The number of nitrogens with two attached hydrogens (primary N) is 1. The summed E-state index contributed by atoms with van der Waals surface area (Å²) in [4.78, 5) is 25.5. The van der Waals surface area contributed by atoms with Crippen LogP contribution in [-0.4, -0.2) is 29.7 Å². The van der Waals surface area contributed by atoms with Crippen molar-refractivity contribution in [3.8, 4) is 22.8 Å². The summed E-state index contributed by atoms with van der Waals surface area (Å²) in [6, 6.07) is 4.45. The second-order valence-corrected chi connectivity index (χ2v) is 5.36. The number of carbonyl (C=O) groups is 1. The first-order valence-electron chi connectivity index (χ1n) is 6.41. The van der Waals surface area contributed by atoms with Crippen LogP contribution >= 0.6 is 23.8 Å². The van der Waals surface area contributed by atoms with Gasteiger partial charge in [0.05, 0.1) is 24.9 Å².